The molecule has 0 aromatic heterocycles. The third-order valence-electron chi connectivity index (χ3n) is 18.1. The number of carbonyl (C=O) groups excluding carboxylic acids is 2. The van der Waals surface area contributed by atoms with Crippen molar-refractivity contribution in [2.75, 3.05) is 26.4 Å². The van der Waals surface area contributed by atoms with Gasteiger partial charge in [-0.1, -0.05) is 389 Å². The summed E-state index contributed by atoms with van der Waals surface area (Å²) < 4.78 is 33.3. The van der Waals surface area contributed by atoms with Crippen LogP contribution in [0.15, 0.2) is 72.9 Å². The van der Waals surface area contributed by atoms with E-state index in [0.717, 1.165) is 64.2 Å². The quantitative estimate of drug-likeness (QED) is 0.0264. The van der Waals surface area contributed by atoms with Crippen LogP contribution >= 0.6 is 7.82 Å². The minimum Gasteiger partial charge on any atom is -0.462 e. The molecular formula is C83H154NO8P. The van der Waals surface area contributed by atoms with E-state index >= 15 is 0 Å². The molecule has 0 aliphatic carbocycles. The van der Waals surface area contributed by atoms with Crippen molar-refractivity contribution in [3.63, 3.8) is 0 Å². The molecule has 0 spiro atoms. The number of carbonyl (C=O) groups is 2. The molecule has 2 atom stereocenters. The van der Waals surface area contributed by atoms with Crippen LogP contribution in [-0.4, -0.2) is 49.3 Å². The van der Waals surface area contributed by atoms with Crippen LogP contribution in [-0.2, 0) is 32.7 Å². The third kappa shape index (κ3) is 78.3. The highest BCUT2D eigenvalue weighted by Crippen LogP contribution is 2.43. The number of phosphoric acid groups is 1. The van der Waals surface area contributed by atoms with E-state index in [-0.39, 0.29) is 38.6 Å². The number of allylic oxidation sites excluding steroid dienone is 12. The molecule has 0 saturated carbocycles. The summed E-state index contributed by atoms with van der Waals surface area (Å²) in [6.07, 6.45) is 105. The molecule has 0 aliphatic rings. The largest absolute Gasteiger partial charge is 0.472 e. The molecule has 0 radical (unpaired) electrons. The Morgan fingerprint density at radius 1 is 0.333 bits per heavy atom. The fourth-order valence-corrected chi connectivity index (χ4v) is 12.9. The number of nitrogens with two attached hydrogens (primary N) is 1. The first-order valence-electron chi connectivity index (χ1n) is 40.4. The lowest BCUT2D eigenvalue weighted by Crippen LogP contribution is -2.29. The van der Waals surface area contributed by atoms with Gasteiger partial charge in [0.25, 0.3) is 0 Å². The van der Waals surface area contributed by atoms with Crippen LogP contribution in [0.1, 0.15) is 412 Å². The van der Waals surface area contributed by atoms with Crippen LogP contribution in [0.2, 0.25) is 0 Å². The van der Waals surface area contributed by atoms with Gasteiger partial charge in [-0.05, 0) is 83.5 Å². The Kier molecular flexibility index (Phi) is 76.3. The van der Waals surface area contributed by atoms with E-state index in [1.165, 1.54) is 315 Å². The maximum absolute atomic E-state index is 12.8. The first kappa shape index (κ1) is 90.5. The van der Waals surface area contributed by atoms with E-state index in [9.17, 15) is 19.0 Å². The maximum atomic E-state index is 12.8. The van der Waals surface area contributed by atoms with Crippen LogP contribution in [0.4, 0.5) is 0 Å². The molecule has 0 heterocycles. The second-order valence-electron chi connectivity index (χ2n) is 27.3. The molecule has 0 fully saturated rings. The Morgan fingerprint density at radius 3 is 0.882 bits per heavy atom. The van der Waals surface area contributed by atoms with E-state index in [2.05, 4.69) is 86.8 Å². The van der Waals surface area contributed by atoms with Crippen LogP contribution in [0.5, 0.6) is 0 Å². The van der Waals surface area contributed by atoms with Crippen molar-refractivity contribution < 1.29 is 37.6 Å². The number of ether oxygens (including phenoxy) is 2. The summed E-state index contributed by atoms with van der Waals surface area (Å²) in [6, 6.07) is 0. The molecule has 0 aliphatic heterocycles. The number of rotatable bonds is 77. The monoisotopic (exact) mass is 1320 g/mol. The molecule has 0 aromatic carbocycles. The van der Waals surface area contributed by atoms with Gasteiger partial charge in [-0.25, -0.2) is 4.57 Å². The molecule has 0 bridgehead atoms. The Morgan fingerprint density at radius 2 is 0.591 bits per heavy atom. The summed E-state index contributed by atoms with van der Waals surface area (Å²) in [7, 11) is -4.40. The molecule has 544 valence electrons. The van der Waals surface area contributed by atoms with Crippen LogP contribution in [0, 0.1) is 0 Å². The molecule has 10 heteroatoms. The summed E-state index contributed by atoms with van der Waals surface area (Å²) >= 11 is 0. The molecule has 0 amide bonds. The van der Waals surface area contributed by atoms with Crippen LogP contribution in [0.3, 0.4) is 0 Å². The SMILES string of the molecule is CC/C=C\C/C=C\C/C=C\C/C=C\CCCCCCCCCCCCCCCCCCCCCCC(=O)OC(COC(=O)CCCCCCCCCCCCCCCCCCCCCCCCCCCCC/C=C\C/C=C\CCCCCCC)COP(=O)(O)OCCN. The van der Waals surface area contributed by atoms with E-state index in [1.54, 1.807) is 0 Å². The van der Waals surface area contributed by atoms with Gasteiger partial charge in [-0.2, -0.15) is 0 Å². The lowest BCUT2D eigenvalue weighted by Gasteiger charge is -2.19. The second kappa shape index (κ2) is 78.4. The smallest absolute Gasteiger partial charge is 0.462 e. The zero-order valence-corrected chi connectivity index (χ0v) is 62.4. The number of unbranched alkanes of at least 4 members (excludes halogenated alkanes) is 52. The maximum Gasteiger partial charge on any atom is 0.472 e. The number of esters is 2. The normalized spacial score (nSPS) is 13.2. The second-order valence-corrected chi connectivity index (χ2v) is 28.7. The zero-order valence-electron chi connectivity index (χ0n) is 61.5. The number of phosphoric ester groups is 1. The van der Waals surface area contributed by atoms with Gasteiger partial charge in [-0.3, -0.25) is 18.6 Å². The summed E-state index contributed by atoms with van der Waals surface area (Å²) in [5.41, 5.74) is 5.42. The lowest BCUT2D eigenvalue weighted by molar-refractivity contribution is -0.161. The van der Waals surface area contributed by atoms with Gasteiger partial charge in [0, 0.05) is 19.4 Å². The molecule has 93 heavy (non-hydrogen) atoms. The minimum atomic E-state index is -4.40. The Balaban J connectivity index is 3.74. The fraction of sp³-hybridized carbons (Fsp3) is 0.831. The Labute approximate surface area is 577 Å². The van der Waals surface area contributed by atoms with Crippen molar-refractivity contribution in [1.82, 2.24) is 0 Å². The van der Waals surface area contributed by atoms with Gasteiger partial charge in [0.2, 0.25) is 0 Å². The van der Waals surface area contributed by atoms with Gasteiger partial charge in [0.05, 0.1) is 13.2 Å². The van der Waals surface area contributed by atoms with Gasteiger partial charge in [0.15, 0.2) is 6.10 Å². The summed E-state index contributed by atoms with van der Waals surface area (Å²) in [4.78, 5) is 35.5. The van der Waals surface area contributed by atoms with E-state index < -0.39 is 26.5 Å². The predicted molar refractivity (Wildman–Crippen MR) is 404 cm³/mol. The minimum absolute atomic E-state index is 0.0549. The van der Waals surface area contributed by atoms with E-state index in [0.29, 0.717) is 6.42 Å². The summed E-state index contributed by atoms with van der Waals surface area (Å²) in [5, 5.41) is 0. The molecule has 9 nitrogen and oxygen atoms in total. The molecule has 0 aromatic rings. The standard InChI is InChI=1S/C83H154NO8P/c1-3-5-7-9-11-13-15-17-19-21-23-25-27-29-31-33-35-37-38-39-40-41-42-44-45-47-49-51-53-55-57-59-61-63-65-67-69-71-73-75-82(85)89-79-81(80-91-93(87,88)90-78-77-84)92-83(86)76-74-72-70-68-66-64-62-60-58-56-54-52-50-48-46-43-36-34-32-30-28-26-24-22-20-18-16-14-12-10-8-6-4-2/h6,8,12,14-15,17-18,20-21,23-24,26,81H,3-5,7,9-11,13,16,19,22,25,27-80,84H2,1-2H3,(H,87,88)/b8-6-,14-12-,17-15-,20-18-,23-21-,26-24-. The molecular weight excluding hydrogens is 1170 g/mol. The van der Waals surface area contributed by atoms with Crippen molar-refractivity contribution >= 4 is 19.8 Å². The first-order valence-corrected chi connectivity index (χ1v) is 41.9. The lowest BCUT2D eigenvalue weighted by atomic mass is 10.0. The summed E-state index contributed by atoms with van der Waals surface area (Å²) in [5.74, 6) is -0.805. The predicted octanol–water partition coefficient (Wildman–Crippen LogP) is 27.1. The van der Waals surface area contributed by atoms with Crippen LogP contribution in [0.25, 0.3) is 0 Å². The van der Waals surface area contributed by atoms with Crippen molar-refractivity contribution in [2.24, 2.45) is 5.73 Å². The number of hydrogen-bond donors (Lipinski definition) is 2. The van der Waals surface area contributed by atoms with E-state index in [1.807, 2.05) is 0 Å². The molecule has 3 N–H and O–H groups in total. The first-order chi connectivity index (χ1) is 45.8. The van der Waals surface area contributed by atoms with Crippen molar-refractivity contribution in [2.45, 2.75) is 418 Å². The van der Waals surface area contributed by atoms with Gasteiger partial charge in [0.1, 0.15) is 6.61 Å². The van der Waals surface area contributed by atoms with Crippen molar-refractivity contribution in [3.05, 3.63) is 72.9 Å². The Hall–Kier alpha value is -2.55. The highest BCUT2D eigenvalue weighted by atomic mass is 31.2. The van der Waals surface area contributed by atoms with Crippen molar-refractivity contribution in [1.29, 1.82) is 0 Å². The average Bonchev–Trinajstić information content (AvgIpc) is 3.32. The molecule has 0 rings (SSSR count). The highest BCUT2D eigenvalue weighted by Gasteiger charge is 2.26. The Bertz CT molecular complexity index is 1760. The van der Waals surface area contributed by atoms with Crippen molar-refractivity contribution in [3.8, 4) is 0 Å². The van der Waals surface area contributed by atoms with Gasteiger partial charge >= 0.3 is 19.8 Å². The highest BCUT2D eigenvalue weighted by molar-refractivity contribution is 7.47. The zero-order chi connectivity index (χ0) is 67.2. The average molecular weight is 1330 g/mol. The number of hydrogen-bond acceptors (Lipinski definition) is 8. The van der Waals surface area contributed by atoms with Gasteiger partial charge in [-0.15, -0.1) is 0 Å². The molecule has 0 saturated heterocycles. The third-order valence-corrected chi connectivity index (χ3v) is 19.1. The van der Waals surface area contributed by atoms with E-state index in [4.69, 9.17) is 24.3 Å². The topological polar surface area (TPSA) is 134 Å². The summed E-state index contributed by atoms with van der Waals surface area (Å²) in [6.45, 7) is 3.69. The van der Waals surface area contributed by atoms with Gasteiger partial charge < -0.3 is 20.1 Å². The fourth-order valence-electron chi connectivity index (χ4n) is 12.1. The van der Waals surface area contributed by atoms with Crippen LogP contribution < -0.4 is 5.73 Å². The molecule has 2 unspecified atom stereocenters.